The van der Waals surface area contributed by atoms with Crippen molar-refractivity contribution in [3.05, 3.63) is 143 Å². The van der Waals surface area contributed by atoms with Crippen LogP contribution in [0.5, 0.6) is 0 Å². The minimum Gasteiger partial charge on any atom is -0.0616 e. The van der Waals surface area contributed by atoms with Crippen LogP contribution in [0.3, 0.4) is 0 Å². The molecule has 0 aromatic heterocycles. The Kier molecular flexibility index (Phi) is 12.7. The fourth-order valence-electron chi connectivity index (χ4n) is 6.37. The van der Waals surface area contributed by atoms with Crippen LogP contribution in [-0.2, 0) is 0 Å². The van der Waals surface area contributed by atoms with E-state index in [0.29, 0.717) is 35.5 Å². The Hall–Kier alpha value is -3.90. The van der Waals surface area contributed by atoms with Crippen LogP contribution in [0.25, 0.3) is 32.3 Å². The highest BCUT2D eigenvalue weighted by Gasteiger charge is 2.10. The average molecular weight is 637 g/mol. The van der Waals surface area contributed by atoms with Gasteiger partial charge >= 0.3 is 0 Å². The average Bonchev–Trinajstić information content (AvgIpc) is 3.06. The molecule has 0 fully saturated rings. The van der Waals surface area contributed by atoms with Crippen molar-refractivity contribution in [2.45, 2.75) is 119 Å². The second kappa shape index (κ2) is 16.5. The summed E-state index contributed by atoms with van der Waals surface area (Å²) in [5, 5.41) is 8.27. The standard InChI is InChI=1S/3C16H20/c1-11(2)14-7-5-13-6-8-15(12(3)4)10-16(13)9-14;1-11(2)13-8-9-16-14(10-13)6-5-7-15(16)12(3)4;1-11(2)14-9-13-7-5-6-8-15(13)16(10-14)12(3)4/h3*5-12H,1-4H3. The van der Waals surface area contributed by atoms with Crippen molar-refractivity contribution >= 4 is 32.3 Å². The second-order valence-electron chi connectivity index (χ2n) is 15.5. The highest BCUT2D eigenvalue weighted by Crippen LogP contribution is 2.31. The molecule has 48 heavy (non-hydrogen) atoms. The second-order valence-corrected chi connectivity index (χ2v) is 15.5. The molecule has 0 heterocycles. The van der Waals surface area contributed by atoms with E-state index in [0.717, 1.165) is 0 Å². The summed E-state index contributed by atoms with van der Waals surface area (Å²) in [6.45, 7) is 27.0. The summed E-state index contributed by atoms with van der Waals surface area (Å²) in [5.74, 6) is 3.59. The minimum absolute atomic E-state index is 0.587. The van der Waals surface area contributed by atoms with Crippen molar-refractivity contribution in [3.63, 3.8) is 0 Å². The molecule has 252 valence electrons. The Morgan fingerprint density at radius 3 is 1.19 bits per heavy atom. The van der Waals surface area contributed by atoms with Crippen LogP contribution < -0.4 is 0 Å². The molecule has 0 N–H and O–H groups in total. The fraction of sp³-hybridized carbons (Fsp3) is 0.375. The molecule has 0 nitrogen and oxygen atoms in total. The van der Waals surface area contributed by atoms with Crippen molar-refractivity contribution in [2.75, 3.05) is 0 Å². The maximum atomic E-state index is 2.37. The summed E-state index contributed by atoms with van der Waals surface area (Å²) < 4.78 is 0. The van der Waals surface area contributed by atoms with E-state index < -0.39 is 0 Å². The Balaban J connectivity index is 0.000000163. The lowest BCUT2D eigenvalue weighted by Gasteiger charge is -2.14. The SMILES string of the molecule is CC(C)c1cc(C(C)C)c2ccccc2c1.CC(C)c1ccc2c(C(C)C)cccc2c1.CC(C)c1ccc2ccc(C(C)C)cc2c1. The van der Waals surface area contributed by atoms with Gasteiger partial charge in [0, 0.05) is 0 Å². The van der Waals surface area contributed by atoms with E-state index in [1.807, 2.05) is 0 Å². The van der Waals surface area contributed by atoms with E-state index in [9.17, 15) is 0 Å². The van der Waals surface area contributed by atoms with Crippen molar-refractivity contribution in [3.8, 4) is 0 Å². The van der Waals surface area contributed by atoms with Crippen LogP contribution >= 0.6 is 0 Å². The summed E-state index contributed by atoms with van der Waals surface area (Å²) in [7, 11) is 0. The lowest BCUT2D eigenvalue weighted by Crippen LogP contribution is -1.95. The molecule has 0 aliphatic heterocycles. The van der Waals surface area contributed by atoms with E-state index in [1.54, 1.807) is 0 Å². The third-order valence-electron chi connectivity index (χ3n) is 9.65. The van der Waals surface area contributed by atoms with Gasteiger partial charge in [0.25, 0.3) is 0 Å². The largest absolute Gasteiger partial charge is 0.0616 e. The van der Waals surface area contributed by atoms with Gasteiger partial charge in [0.2, 0.25) is 0 Å². The van der Waals surface area contributed by atoms with Crippen LogP contribution in [-0.4, -0.2) is 0 Å². The summed E-state index contributed by atoms with van der Waals surface area (Å²) in [6.07, 6.45) is 0. The van der Waals surface area contributed by atoms with E-state index in [-0.39, 0.29) is 0 Å². The quantitative estimate of drug-likeness (QED) is 0.171. The zero-order valence-corrected chi connectivity index (χ0v) is 31.9. The number of fused-ring (bicyclic) bond motifs is 3. The first-order valence-corrected chi connectivity index (χ1v) is 18.4. The molecular weight excluding hydrogens is 577 g/mol. The van der Waals surface area contributed by atoms with Crippen LogP contribution in [0.1, 0.15) is 152 Å². The molecular formula is C48H60. The monoisotopic (exact) mass is 636 g/mol. The first-order chi connectivity index (χ1) is 22.8. The van der Waals surface area contributed by atoms with E-state index in [1.165, 1.54) is 65.7 Å². The zero-order valence-electron chi connectivity index (χ0n) is 31.9. The van der Waals surface area contributed by atoms with Gasteiger partial charge in [-0.25, -0.2) is 0 Å². The van der Waals surface area contributed by atoms with Crippen LogP contribution in [0.15, 0.2) is 109 Å². The maximum Gasteiger partial charge on any atom is -0.0149 e. The zero-order chi connectivity index (χ0) is 35.1. The highest BCUT2D eigenvalue weighted by molar-refractivity contribution is 5.88. The van der Waals surface area contributed by atoms with Crippen molar-refractivity contribution in [1.29, 1.82) is 0 Å². The predicted molar refractivity (Wildman–Crippen MR) is 216 cm³/mol. The molecule has 0 heteroatoms. The lowest BCUT2D eigenvalue weighted by molar-refractivity contribution is 0.842. The van der Waals surface area contributed by atoms with Gasteiger partial charge in [0.1, 0.15) is 0 Å². The Labute approximate surface area is 292 Å². The first-order valence-electron chi connectivity index (χ1n) is 18.4. The Morgan fingerprint density at radius 2 is 0.688 bits per heavy atom. The number of hydrogen-bond acceptors (Lipinski definition) is 0. The number of hydrogen-bond donors (Lipinski definition) is 0. The lowest BCUT2D eigenvalue weighted by atomic mass is 9.90. The molecule has 0 bridgehead atoms. The Bertz CT molecular complexity index is 1850. The molecule has 0 aliphatic rings. The number of rotatable bonds is 6. The highest BCUT2D eigenvalue weighted by atomic mass is 14.1. The van der Waals surface area contributed by atoms with Gasteiger partial charge in [-0.15, -0.1) is 0 Å². The third-order valence-corrected chi connectivity index (χ3v) is 9.65. The van der Waals surface area contributed by atoms with Gasteiger partial charge in [-0.3, -0.25) is 0 Å². The van der Waals surface area contributed by atoms with Crippen LogP contribution in [0.2, 0.25) is 0 Å². The molecule has 0 radical (unpaired) electrons. The minimum atomic E-state index is 0.587. The van der Waals surface area contributed by atoms with E-state index in [2.05, 4.69) is 192 Å². The summed E-state index contributed by atoms with van der Waals surface area (Å²) >= 11 is 0. The molecule has 0 unspecified atom stereocenters. The molecule has 0 amide bonds. The Morgan fingerprint density at radius 1 is 0.271 bits per heavy atom. The van der Waals surface area contributed by atoms with Crippen LogP contribution in [0, 0.1) is 0 Å². The summed E-state index contributed by atoms with van der Waals surface area (Å²) in [5.41, 5.74) is 8.65. The van der Waals surface area contributed by atoms with Gasteiger partial charge in [-0.2, -0.15) is 0 Å². The van der Waals surface area contributed by atoms with Gasteiger partial charge in [0.05, 0.1) is 0 Å². The van der Waals surface area contributed by atoms with E-state index in [4.69, 9.17) is 0 Å². The van der Waals surface area contributed by atoms with Crippen molar-refractivity contribution in [2.24, 2.45) is 0 Å². The number of benzene rings is 6. The fourth-order valence-corrected chi connectivity index (χ4v) is 6.37. The molecule has 0 saturated heterocycles. The van der Waals surface area contributed by atoms with Gasteiger partial charge in [-0.1, -0.05) is 192 Å². The molecule has 0 saturated carbocycles. The van der Waals surface area contributed by atoms with Gasteiger partial charge in [0.15, 0.2) is 0 Å². The molecule has 6 rings (SSSR count). The van der Waals surface area contributed by atoms with Gasteiger partial charge < -0.3 is 0 Å². The predicted octanol–water partition coefficient (Wildman–Crippen LogP) is 15.3. The molecule has 0 spiro atoms. The normalized spacial score (nSPS) is 11.6. The maximum absolute atomic E-state index is 2.37. The molecule has 6 aromatic carbocycles. The van der Waals surface area contributed by atoms with Crippen molar-refractivity contribution < 1.29 is 0 Å². The first kappa shape index (κ1) is 36.9. The molecule has 6 aromatic rings. The summed E-state index contributed by atoms with van der Waals surface area (Å²) in [6, 6.07) is 40.5. The topological polar surface area (TPSA) is 0 Å². The summed E-state index contributed by atoms with van der Waals surface area (Å²) in [4.78, 5) is 0. The molecule has 0 atom stereocenters. The van der Waals surface area contributed by atoms with E-state index >= 15 is 0 Å². The van der Waals surface area contributed by atoms with Crippen LogP contribution in [0.4, 0.5) is 0 Å². The van der Waals surface area contributed by atoms with Gasteiger partial charge in [-0.05, 0) is 101 Å². The third kappa shape index (κ3) is 9.16. The molecule has 0 aliphatic carbocycles. The van der Waals surface area contributed by atoms with Crippen molar-refractivity contribution in [1.82, 2.24) is 0 Å². The smallest absolute Gasteiger partial charge is 0.0149 e.